The third-order valence-electron chi connectivity index (χ3n) is 5.71. The van der Waals surface area contributed by atoms with Crippen LogP contribution in [-0.2, 0) is 6.54 Å². The van der Waals surface area contributed by atoms with Crippen LogP contribution in [0.5, 0.6) is 0 Å². The fraction of sp³-hybridized carbons (Fsp3) is 0.458. The molecule has 0 saturated carbocycles. The second kappa shape index (κ2) is 9.46. The van der Waals surface area contributed by atoms with Crippen LogP contribution in [-0.4, -0.2) is 27.0 Å². The van der Waals surface area contributed by atoms with Gasteiger partial charge in [-0.15, -0.1) is 0 Å². The van der Waals surface area contributed by atoms with Gasteiger partial charge >= 0.3 is 5.69 Å². The Balaban J connectivity index is 2.14. The Bertz CT molecular complexity index is 1250. The quantitative estimate of drug-likeness (QED) is 0.496. The predicted molar refractivity (Wildman–Crippen MR) is 130 cm³/mol. The molecule has 0 atom stereocenters. The van der Waals surface area contributed by atoms with Crippen LogP contribution < -0.4 is 21.9 Å². The zero-order chi connectivity index (χ0) is 23.6. The summed E-state index contributed by atoms with van der Waals surface area (Å²) in [5.41, 5.74) is 8.52. The summed E-state index contributed by atoms with van der Waals surface area (Å²) in [7, 11) is 0. The van der Waals surface area contributed by atoms with Crippen molar-refractivity contribution in [1.29, 1.82) is 0 Å². The summed E-state index contributed by atoms with van der Waals surface area (Å²) in [5.74, 6) is -0.0200. The number of nitrogens with two attached hydrogens (primary N) is 1. The first-order valence-electron chi connectivity index (χ1n) is 11.2. The largest absolute Gasteiger partial charge is 0.383 e. The number of aromatic nitrogens is 3. The third kappa shape index (κ3) is 4.64. The molecular weight excluding hydrogens is 406 g/mol. The normalized spacial score (nSPS) is 11.4. The number of fused-ring (bicyclic) bond motifs is 1. The number of hydrogen-bond acceptors (Lipinski definition) is 4. The van der Waals surface area contributed by atoms with Crippen LogP contribution in [0.2, 0.25) is 0 Å². The lowest BCUT2D eigenvalue weighted by molar-refractivity contribution is 0.0981. The van der Waals surface area contributed by atoms with E-state index < -0.39 is 11.2 Å². The molecule has 0 fully saturated rings. The molecule has 0 saturated heterocycles. The number of hydrogen-bond donors (Lipinski definition) is 3. The Kier molecular flexibility index (Phi) is 6.91. The van der Waals surface area contributed by atoms with E-state index >= 15 is 0 Å². The van der Waals surface area contributed by atoms with Gasteiger partial charge in [0.05, 0.1) is 0 Å². The highest BCUT2D eigenvalue weighted by atomic mass is 16.2. The van der Waals surface area contributed by atoms with Crippen LogP contribution in [0.1, 0.15) is 61.6 Å². The highest BCUT2D eigenvalue weighted by molar-refractivity contribution is 6.08. The van der Waals surface area contributed by atoms with Crippen molar-refractivity contribution in [2.45, 2.75) is 60.4 Å². The fourth-order valence-corrected chi connectivity index (χ4v) is 3.94. The van der Waals surface area contributed by atoms with Gasteiger partial charge in [-0.05, 0) is 55.9 Å². The van der Waals surface area contributed by atoms with E-state index in [9.17, 15) is 14.4 Å². The van der Waals surface area contributed by atoms with Gasteiger partial charge in [-0.3, -0.25) is 24.0 Å². The minimum Gasteiger partial charge on any atom is -0.383 e. The molecule has 1 amide bonds. The van der Waals surface area contributed by atoms with Gasteiger partial charge in [0.25, 0.3) is 11.5 Å². The van der Waals surface area contributed by atoms with E-state index in [4.69, 9.17) is 5.73 Å². The molecule has 0 bridgehead atoms. The van der Waals surface area contributed by atoms with Crippen LogP contribution in [0.4, 0.5) is 11.5 Å². The van der Waals surface area contributed by atoms with Crippen molar-refractivity contribution >= 4 is 28.3 Å². The smallest absolute Gasteiger partial charge is 0.330 e. The van der Waals surface area contributed by atoms with Gasteiger partial charge < -0.3 is 10.7 Å². The van der Waals surface area contributed by atoms with Gasteiger partial charge in [0.15, 0.2) is 5.69 Å². The minimum absolute atomic E-state index is 0.0208. The number of unbranched alkanes of at least 4 members (excludes halogenated alkanes) is 1. The van der Waals surface area contributed by atoms with Crippen LogP contribution in [0.25, 0.3) is 10.9 Å². The van der Waals surface area contributed by atoms with Crippen molar-refractivity contribution in [2.75, 3.05) is 17.2 Å². The van der Waals surface area contributed by atoms with Crippen molar-refractivity contribution in [3.8, 4) is 0 Å². The van der Waals surface area contributed by atoms with E-state index in [2.05, 4.69) is 16.0 Å². The summed E-state index contributed by atoms with van der Waals surface area (Å²) in [5, 5.41) is 0.956. The van der Waals surface area contributed by atoms with E-state index in [1.165, 1.54) is 9.47 Å². The second-order valence-electron chi connectivity index (χ2n) is 8.86. The molecule has 0 aliphatic carbocycles. The van der Waals surface area contributed by atoms with Crippen molar-refractivity contribution in [3.05, 3.63) is 55.9 Å². The Morgan fingerprint density at radius 1 is 1.16 bits per heavy atom. The second-order valence-corrected chi connectivity index (χ2v) is 8.86. The van der Waals surface area contributed by atoms with Crippen LogP contribution >= 0.6 is 0 Å². The summed E-state index contributed by atoms with van der Waals surface area (Å²) >= 11 is 0. The van der Waals surface area contributed by atoms with E-state index in [0.717, 1.165) is 34.9 Å². The van der Waals surface area contributed by atoms with Gasteiger partial charge in [0.2, 0.25) is 0 Å². The molecule has 0 aliphatic heterocycles. The molecule has 1 aromatic carbocycles. The lowest BCUT2D eigenvalue weighted by Crippen LogP contribution is -2.42. The number of anilines is 2. The molecule has 4 N–H and O–H groups in total. The summed E-state index contributed by atoms with van der Waals surface area (Å²) in [6.07, 6.45) is 2.28. The Morgan fingerprint density at radius 2 is 1.88 bits per heavy atom. The minimum atomic E-state index is -0.652. The molecule has 8 heteroatoms. The highest BCUT2D eigenvalue weighted by Gasteiger charge is 2.26. The highest BCUT2D eigenvalue weighted by Crippen LogP contribution is 2.25. The Hall–Kier alpha value is -3.29. The molecule has 3 aromatic rings. The lowest BCUT2D eigenvalue weighted by atomic mass is 10.1. The zero-order valence-electron chi connectivity index (χ0n) is 19.5. The van der Waals surface area contributed by atoms with Crippen LogP contribution in [0, 0.1) is 19.8 Å². The number of aromatic amines is 2. The molecule has 32 heavy (non-hydrogen) atoms. The molecule has 2 heterocycles. The van der Waals surface area contributed by atoms with E-state index in [0.29, 0.717) is 31.1 Å². The van der Waals surface area contributed by atoms with Gasteiger partial charge in [0.1, 0.15) is 11.5 Å². The maximum atomic E-state index is 13.6. The molecule has 3 rings (SSSR count). The Labute approximate surface area is 187 Å². The maximum Gasteiger partial charge on any atom is 0.330 e. The number of H-pyrrole nitrogens is 2. The molecule has 0 unspecified atom stereocenters. The molecular formula is C24H33N5O3. The zero-order valence-corrected chi connectivity index (χ0v) is 19.5. The number of nitrogen functional groups attached to an aromatic ring is 1. The van der Waals surface area contributed by atoms with E-state index in [1.54, 1.807) is 0 Å². The summed E-state index contributed by atoms with van der Waals surface area (Å²) in [6.45, 7) is 10.8. The van der Waals surface area contributed by atoms with E-state index in [-0.39, 0.29) is 17.4 Å². The van der Waals surface area contributed by atoms with Crippen LogP contribution in [0.3, 0.4) is 0 Å². The number of amides is 1. The molecule has 0 aliphatic rings. The van der Waals surface area contributed by atoms with Gasteiger partial charge in [-0.1, -0.05) is 33.3 Å². The topological polar surface area (TPSA) is 117 Å². The number of carbonyl (C=O) groups excluding carboxylic acids is 1. The van der Waals surface area contributed by atoms with Gasteiger partial charge in [-0.2, -0.15) is 0 Å². The summed E-state index contributed by atoms with van der Waals surface area (Å²) in [6, 6.07) is 5.86. The van der Waals surface area contributed by atoms with Crippen molar-refractivity contribution < 1.29 is 4.79 Å². The molecule has 8 nitrogen and oxygen atoms in total. The monoisotopic (exact) mass is 439 g/mol. The number of aryl methyl sites for hydroxylation is 2. The van der Waals surface area contributed by atoms with Crippen molar-refractivity contribution in [1.82, 2.24) is 14.5 Å². The number of benzene rings is 1. The average Bonchev–Trinajstić information content (AvgIpc) is 3.14. The van der Waals surface area contributed by atoms with E-state index in [1.807, 2.05) is 46.8 Å². The van der Waals surface area contributed by atoms with Crippen molar-refractivity contribution in [2.24, 2.45) is 5.92 Å². The molecule has 0 spiro atoms. The Morgan fingerprint density at radius 3 is 2.53 bits per heavy atom. The van der Waals surface area contributed by atoms with Crippen LogP contribution in [0.15, 0.2) is 27.8 Å². The summed E-state index contributed by atoms with van der Waals surface area (Å²) < 4.78 is 1.34. The fourth-order valence-electron chi connectivity index (χ4n) is 3.94. The third-order valence-corrected chi connectivity index (χ3v) is 5.71. The first kappa shape index (κ1) is 23.4. The standard InChI is InChI=1S/C24H33N5O3/c1-6-7-9-29-21(25)20(22(30)27-24(29)32)28(10-8-14(2)3)23(31)19-13-17-16(5)11-15(4)12-18(17)26-19/h11-14,26H,6-10,25H2,1-5H3,(H,27,30,32). The number of carbonyl (C=O) groups is 1. The van der Waals surface area contributed by atoms with Crippen molar-refractivity contribution in [3.63, 3.8) is 0 Å². The first-order valence-corrected chi connectivity index (χ1v) is 11.2. The first-order chi connectivity index (χ1) is 15.1. The number of nitrogens with zero attached hydrogens (tertiary/aromatic N) is 2. The summed E-state index contributed by atoms with van der Waals surface area (Å²) in [4.78, 5) is 45.8. The number of nitrogens with one attached hydrogen (secondary N) is 2. The SMILES string of the molecule is CCCCn1c(N)c(N(CCC(C)C)C(=O)c2cc3c(C)cc(C)cc3[nH]2)c(=O)[nH]c1=O. The maximum absolute atomic E-state index is 13.6. The average molecular weight is 440 g/mol. The predicted octanol–water partition coefficient (Wildman–Crippen LogP) is 3.71. The van der Waals surface area contributed by atoms with Gasteiger partial charge in [0, 0.05) is 24.0 Å². The molecule has 172 valence electrons. The van der Waals surface area contributed by atoms with Gasteiger partial charge in [-0.25, -0.2) is 4.79 Å². The molecule has 0 radical (unpaired) electrons. The number of rotatable bonds is 8. The lowest BCUT2D eigenvalue weighted by Gasteiger charge is -2.25. The molecule has 2 aromatic heterocycles.